The monoisotopic (exact) mass is 304 g/mol. The number of benzene rings is 1. The Labute approximate surface area is 118 Å². The maximum absolute atomic E-state index is 12.6. The molecule has 0 aliphatic carbocycles. The fourth-order valence-electron chi connectivity index (χ4n) is 1.97. The zero-order valence-electron chi connectivity index (χ0n) is 10.1. The van der Waals surface area contributed by atoms with E-state index in [0.717, 1.165) is 12.1 Å². The van der Waals surface area contributed by atoms with Gasteiger partial charge in [-0.1, -0.05) is 24.4 Å². The SMILES string of the molecule is O=C(NO)[C@H]1CCN1C(=S)c1cccc(C(F)(F)F)c1. The number of carbonyl (C=O) groups excluding carboxylic acids is 1. The lowest BCUT2D eigenvalue weighted by Gasteiger charge is -2.41. The number of nitrogens with zero attached hydrogens (tertiary/aromatic N) is 1. The van der Waals surface area contributed by atoms with Crippen LogP contribution >= 0.6 is 12.2 Å². The second-order valence-electron chi connectivity index (χ2n) is 4.36. The molecule has 0 saturated carbocycles. The van der Waals surface area contributed by atoms with Gasteiger partial charge in [-0.25, -0.2) is 5.48 Å². The van der Waals surface area contributed by atoms with E-state index in [1.807, 2.05) is 0 Å². The molecule has 1 aromatic carbocycles. The lowest BCUT2D eigenvalue weighted by atomic mass is 10.0. The van der Waals surface area contributed by atoms with Gasteiger partial charge in [0.2, 0.25) is 0 Å². The molecule has 0 spiro atoms. The van der Waals surface area contributed by atoms with Crippen molar-refractivity contribution >= 4 is 23.1 Å². The average molecular weight is 304 g/mol. The lowest BCUT2D eigenvalue weighted by Crippen LogP contribution is -2.57. The predicted octanol–water partition coefficient (Wildman–Crippen LogP) is 1.96. The second kappa shape index (κ2) is 5.37. The van der Waals surface area contributed by atoms with Crippen LogP contribution < -0.4 is 5.48 Å². The molecule has 2 N–H and O–H groups in total. The van der Waals surface area contributed by atoms with Gasteiger partial charge in [-0.15, -0.1) is 0 Å². The Balaban J connectivity index is 2.20. The summed E-state index contributed by atoms with van der Waals surface area (Å²) in [7, 11) is 0. The van der Waals surface area contributed by atoms with Gasteiger partial charge in [0.1, 0.15) is 11.0 Å². The van der Waals surface area contributed by atoms with Crippen molar-refractivity contribution in [2.45, 2.75) is 18.6 Å². The summed E-state index contributed by atoms with van der Waals surface area (Å²) in [4.78, 5) is 13.0. The van der Waals surface area contributed by atoms with Crippen molar-refractivity contribution in [2.24, 2.45) is 0 Å². The molecule has 0 bridgehead atoms. The number of alkyl halides is 3. The summed E-state index contributed by atoms with van der Waals surface area (Å²) in [6, 6.07) is 4.01. The van der Waals surface area contributed by atoms with Gasteiger partial charge in [0.25, 0.3) is 5.91 Å². The van der Waals surface area contributed by atoms with Crippen LogP contribution in [0.3, 0.4) is 0 Å². The molecule has 1 aromatic rings. The van der Waals surface area contributed by atoms with Crippen LogP contribution in [0, 0.1) is 0 Å². The zero-order valence-corrected chi connectivity index (χ0v) is 11.0. The van der Waals surface area contributed by atoms with Crippen LogP contribution in [0.25, 0.3) is 0 Å². The van der Waals surface area contributed by atoms with E-state index in [0.29, 0.717) is 13.0 Å². The molecule has 1 atom stereocenters. The molecule has 0 radical (unpaired) electrons. The number of hydrogen-bond donors (Lipinski definition) is 2. The number of amides is 1. The van der Waals surface area contributed by atoms with E-state index in [1.165, 1.54) is 22.5 Å². The van der Waals surface area contributed by atoms with Crippen molar-refractivity contribution in [2.75, 3.05) is 6.54 Å². The van der Waals surface area contributed by atoms with Crippen molar-refractivity contribution < 1.29 is 23.2 Å². The van der Waals surface area contributed by atoms with Crippen LogP contribution in [-0.2, 0) is 11.0 Å². The molecule has 1 aliphatic heterocycles. The van der Waals surface area contributed by atoms with Crippen molar-refractivity contribution in [1.82, 2.24) is 10.4 Å². The Kier molecular flexibility index (Phi) is 3.96. The average Bonchev–Trinajstić information content (AvgIpc) is 2.36. The summed E-state index contributed by atoms with van der Waals surface area (Å²) in [6.45, 7) is 0.465. The minimum atomic E-state index is -4.44. The number of rotatable bonds is 2. The summed E-state index contributed by atoms with van der Waals surface area (Å²) < 4.78 is 37.9. The smallest absolute Gasteiger partial charge is 0.350 e. The fraction of sp³-hybridized carbons (Fsp3) is 0.333. The highest BCUT2D eigenvalue weighted by atomic mass is 32.1. The first-order valence-electron chi connectivity index (χ1n) is 5.77. The highest BCUT2D eigenvalue weighted by Gasteiger charge is 2.37. The van der Waals surface area contributed by atoms with Gasteiger partial charge in [-0.2, -0.15) is 13.2 Å². The van der Waals surface area contributed by atoms with E-state index >= 15 is 0 Å². The summed E-state index contributed by atoms with van der Waals surface area (Å²) >= 11 is 5.12. The van der Waals surface area contributed by atoms with Crippen LogP contribution in [0.2, 0.25) is 0 Å². The van der Waals surface area contributed by atoms with E-state index < -0.39 is 23.7 Å². The van der Waals surface area contributed by atoms with Gasteiger partial charge in [-0.05, 0) is 18.6 Å². The third-order valence-electron chi connectivity index (χ3n) is 3.13. The molecule has 0 unspecified atom stereocenters. The van der Waals surface area contributed by atoms with Crippen LogP contribution in [0.15, 0.2) is 24.3 Å². The third-order valence-corrected chi connectivity index (χ3v) is 3.60. The number of halogens is 3. The van der Waals surface area contributed by atoms with Gasteiger partial charge >= 0.3 is 6.18 Å². The topological polar surface area (TPSA) is 52.6 Å². The van der Waals surface area contributed by atoms with E-state index in [4.69, 9.17) is 17.4 Å². The number of likely N-dealkylation sites (tertiary alicyclic amines) is 1. The molecule has 0 aromatic heterocycles. The molecule has 8 heteroatoms. The largest absolute Gasteiger partial charge is 0.416 e. The Morgan fingerprint density at radius 1 is 1.45 bits per heavy atom. The second-order valence-corrected chi connectivity index (χ2v) is 4.74. The molecule has 2 rings (SSSR count). The highest BCUT2D eigenvalue weighted by molar-refractivity contribution is 7.80. The Morgan fingerprint density at radius 2 is 2.15 bits per heavy atom. The van der Waals surface area contributed by atoms with Gasteiger partial charge in [0.05, 0.1) is 5.56 Å². The summed E-state index contributed by atoms with van der Waals surface area (Å²) in [6.07, 6.45) is -3.95. The molecule has 1 heterocycles. The molecule has 1 saturated heterocycles. The van der Waals surface area contributed by atoms with Gasteiger partial charge < -0.3 is 4.90 Å². The van der Waals surface area contributed by atoms with Crippen molar-refractivity contribution in [1.29, 1.82) is 0 Å². The Bertz CT molecular complexity index is 548. The molecule has 108 valence electrons. The fourth-order valence-corrected chi connectivity index (χ4v) is 2.32. The lowest BCUT2D eigenvalue weighted by molar-refractivity contribution is -0.138. The summed E-state index contributed by atoms with van der Waals surface area (Å²) in [5.74, 6) is -0.620. The number of carbonyl (C=O) groups is 1. The molecule has 20 heavy (non-hydrogen) atoms. The molecule has 1 aliphatic rings. The minimum Gasteiger partial charge on any atom is -0.350 e. The number of hydroxylamine groups is 1. The van der Waals surface area contributed by atoms with E-state index in [2.05, 4.69) is 0 Å². The first kappa shape index (κ1) is 14.7. The van der Waals surface area contributed by atoms with E-state index in [9.17, 15) is 18.0 Å². The summed E-state index contributed by atoms with van der Waals surface area (Å²) in [5.41, 5.74) is 0.955. The van der Waals surface area contributed by atoms with E-state index in [-0.39, 0.29) is 10.6 Å². The minimum absolute atomic E-state index is 0.163. The van der Waals surface area contributed by atoms with Crippen LogP contribution in [0.4, 0.5) is 13.2 Å². The number of thiocarbonyl (C=S) groups is 1. The number of hydrogen-bond acceptors (Lipinski definition) is 3. The normalized spacial score (nSPS) is 18.4. The molecule has 1 fully saturated rings. The maximum atomic E-state index is 12.6. The quantitative estimate of drug-likeness (QED) is 0.498. The molecular weight excluding hydrogens is 293 g/mol. The first-order valence-corrected chi connectivity index (χ1v) is 6.17. The van der Waals surface area contributed by atoms with Crippen molar-refractivity contribution in [3.63, 3.8) is 0 Å². The molecular formula is C12H11F3N2O2S. The van der Waals surface area contributed by atoms with Gasteiger partial charge in [0.15, 0.2) is 0 Å². The van der Waals surface area contributed by atoms with Crippen molar-refractivity contribution in [3.05, 3.63) is 35.4 Å². The zero-order chi connectivity index (χ0) is 14.9. The van der Waals surface area contributed by atoms with Crippen LogP contribution in [-0.4, -0.2) is 33.6 Å². The van der Waals surface area contributed by atoms with Crippen LogP contribution in [0.1, 0.15) is 17.5 Å². The van der Waals surface area contributed by atoms with Crippen LogP contribution in [0.5, 0.6) is 0 Å². The maximum Gasteiger partial charge on any atom is 0.416 e. The first-order chi connectivity index (χ1) is 9.34. The number of nitrogens with one attached hydrogen (secondary N) is 1. The molecule has 4 nitrogen and oxygen atoms in total. The Morgan fingerprint density at radius 3 is 2.65 bits per heavy atom. The highest BCUT2D eigenvalue weighted by Crippen LogP contribution is 2.30. The van der Waals surface area contributed by atoms with Crippen molar-refractivity contribution in [3.8, 4) is 0 Å². The van der Waals surface area contributed by atoms with Gasteiger partial charge in [-0.3, -0.25) is 10.0 Å². The predicted molar refractivity (Wildman–Crippen MR) is 68.2 cm³/mol. The standard InChI is InChI=1S/C12H11F3N2O2S/c13-12(14,15)8-3-1-2-7(6-8)11(20)17-5-4-9(17)10(18)16-19/h1-3,6,9,19H,4-5H2,(H,16,18)/t9-/m1/s1. The van der Waals surface area contributed by atoms with E-state index in [1.54, 1.807) is 0 Å². The molecule has 1 amide bonds. The summed E-state index contributed by atoms with van der Waals surface area (Å²) in [5, 5.41) is 8.57. The third kappa shape index (κ3) is 2.75. The Hall–Kier alpha value is -1.67. The van der Waals surface area contributed by atoms with Gasteiger partial charge in [0, 0.05) is 12.1 Å².